The molecule has 3 radical (unpaired) electrons. The monoisotopic (exact) mass is 1900 g/mol. The second-order valence-electron chi connectivity index (χ2n) is 29.0. The van der Waals surface area contributed by atoms with Crippen LogP contribution in [0.2, 0.25) is 0 Å². The van der Waals surface area contributed by atoms with Crippen LogP contribution in [0.4, 0.5) is 0 Å². The smallest absolute Gasteiger partial charge is 0.248 e. The van der Waals surface area contributed by atoms with E-state index in [9.17, 15) is 86.3 Å². The third kappa shape index (κ3) is 34.8. The summed E-state index contributed by atoms with van der Waals surface area (Å²) in [5, 5.41) is 14.8. The minimum absolute atomic E-state index is 0. The Kier molecular flexibility index (Phi) is 61.3. The summed E-state index contributed by atoms with van der Waals surface area (Å²) in [6, 6.07) is -2.59. The van der Waals surface area contributed by atoms with E-state index in [0.29, 0.717) is 77.8 Å². The predicted octanol–water partition coefficient (Wildman–Crippen LogP) is 5.86. The molecule has 651 valence electrons. The van der Waals surface area contributed by atoms with Crippen LogP contribution in [0.5, 0.6) is 0 Å². The van der Waals surface area contributed by atoms with Crippen molar-refractivity contribution in [3.05, 3.63) is 19.3 Å². The average Bonchev–Trinajstić information content (AvgIpc) is 1.68. The molecule has 114 heavy (non-hydrogen) atoms. The molecular formula is C78H141N12O18S3Y3-3. The Bertz CT molecular complexity index is 2990. The zero-order valence-electron chi connectivity index (χ0n) is 67.5. The van der Waals surface area contributed by atoms with Crippen molar-refractivity contribution in [2.75, 3.05) is 39.3 Å². The van der Waals surface area contributed by atoms with E-state index in [4.69, 9.17) is 0 Å². The number of hydrogen-bond acceptors (Lipinski definition) is 21. The van der Waals surface area contributed by atoms with Crippen molar-refractivity contribution >= 4 is 143 Å². The first-order chi connectivity index (χ1) is 48.0. The number of Topliss-reactive ketones (excluding diaryl/α,β-unsaturated/α-hetero) is 6. The van der Waals surface area contributed by atoms with Crippen molar-refractivity contribution in [2.24, 2.45) is 0 Å². The number of thiol groups is 3. The summed E-state index contributed by atoms with van der Waals surface area (Å²) in [5.41, 5.74) is -5.40. The quantitative estimate of drug-likeness (QED) is 0.0403. The molecule has 12 amide bonds. The molecule has 6 heterocycles. The van der Waals surface area contributed by atoms with Crippen LogP contribution in [0.3, 0.4) is 0 Å². The molecule has 0 saturated carbocycles. The minimum Gasteiger partial charge on any atom is -0.367 e. The normalized spacial score (nSPS) is 24.2. The molecule has 6 saturated heterocycles. The van der Waals surface area contributed by atoms with Crippen molar-refractivity contribution in [3.8, 4) is 0 Å². The van der Waals surface area contributed by atoms with Gasteiger partial charge in [-0.05, 0) is 184 Å². The number of carbonyl (C=O) groups is 18. The minimum atomic E-state index is -0.919. The number of likely N-dealkylation sites (tertiary alicyclic amines) is 6. The maximum Gasteiger partial charge on any atom is 0.248 e. The Morgan fingerprint density at radius 2 is 0.395 bits per heavy atom. The Morgan fingerprint density at radius 1 is 0.281 bits per heavy atom. The molecule has 15 unspecified atom stereocenters. The van der Waals surface area contributed by atoms with Gasteiger partial charge in [-0.15, -0.1) is 0 Å². The summed E-state index contributed by atoms with van der Waals surface area (Å²) in [6.45, 7) is 41.9. The van der Waals surface area contributed by atoms with E-state index in [1.807, 2.05) is 0 Å². The van der Waals surface area contributed by atoms with Crippen molar-refractivity contribution in [1.29, 1.82) is 0 Å². The summed E-state index contributed by atoms with van der Waals surface area (Å²) in [5.74, 6) is -3.07. The molecule has 6 aliphatic rings. The fourth-order valence-electron chi connectivity index (χ4n) is 11.6. The molecule has 0 bridgehead atoms. The van der Waals surface area contributed by atoms with Gasteiger partial charge in [0.25, 0.3) is 0 Å². The molecule has 6 rings (SSSR count). The van der Waals surface area contributed by atoms with Gasteiger partial charge < -0.3 is 94.9 Å². The van der Waals surface area contributed by atoms with Crippen LogP contribution in [0.25, 0.3) is 0 Å². The maximum atomic E-state index is 12.3. The second-order valence-corrected chi connectivity index (χ2v) is 31.4. The molecule has 6 aliphatic heterocycles. The van der Waals surface area contributed by atoms with Crippen molar-refractivity contribution in [3.63, 3.8) is 0 Å². The van der Waals surface area contributed by atoms with Gasteiger partial charge in [-0.2, -0.15) is 58.7 Å². The number of hydrogen-bond donors (Lipinski definition) is 9. The summed E-state index contributed by atoms with van der Waals surface area (Å²) in [4.78, 5) is 219. The SMILES string of the molecule is C.C.C.C.C.C.CC(=O)C(C)N1CCC(C)(NC(=O)C(C)S)C1=O.CC(=O)C(C)N1CCC(C)(NC(=O)C(C)S)C1=O.CC(=O)C(C)N1CCC(C)(NC(=O)C(C)S)C1=O.C[CH-]C(=O)NC1(C)CCN(C(C)C(C)=O)C1=O.C[CH-]C(=O)NC1(C)CCN(C(C)C(C)=O)C1=O.C[CH-]C(=O)NC1(C)CCN(C(C)C(C)=O)C1=O.[Y].[Y].[Y]. The van der Waals surface area contributed by atoms with Gasteiger partial charge in [-0.1, -0.05) is 44.6 Å². The fourth-order valence-corrected chi connectivity index (χ4v) is 11.8. The van der Waals surface area contributed by atoms with E-state index in [1.165, 1.54) is 90.2 Å². The summed E-state index contributed by atoms with van der Waals surface area (Å²) in [7, 11) is 0. The Hall–Kier alpha value is -4.37. The van der Waals surface area contributed by atoms with Crippen LogP contribution in [-0.4, -0.2) is 259 Å². The van der Waals surface area contributed by atoms with Crippen LogP contribution in [0.1, 0.15) is 249 Å². The topological polar surface area (TPSA) is 399 Å². The van der Waals surface area contributed by atoms with Gasteiger partial charge in [0.2, 0.25) is 53.2 Å². The molecule has 0 spiro atoms. The largest absolute Gasteiger partial charge is 0.367 e. The first-order valence-electron chi connectivity index (χ1n) is 35.3. The average molecular weight is 1900 g/mol. The number of nitrogens with one attached hydrogen (secondary N) is 6. The van der Waals surface area contributed by atoms with Gasteiger partial charge in [-0.25, -0.2) is 0 Å². The summed E-state index contributed by atoms with van der Waals surface area (Å²) < 4.78 is 0. The molecule has 6 N–H and O–H groups in total. The predicted molar refractivity (Wildman–Crippen MR) is 444 cm³/mol. The molecular weight excluding hydrogens is 1760 g/mol. The van der Waals surface area contributed by atoms with E-state index >= 15 is 0 Å². The van der Waals surface area contributed by atoms with Crippen LogP contribution in [0.15, 0.2) is 0 Å². The maximum absolute atomic E-state index is 12.3. The first-order valence-corrected chi connectivity index (χ1v) is 36.8. The second kappa shape index (κ2) is 54.7. The van der Waals surface area contributed by atoms with Crippen molar-refractivity contribution in [1.82, 2.24) is 61.3 Å². The molecule has 30 nitrogen and oxygen atoms in total. The molecule has 6 fully saturated rings. The van der Waals surface area contributed by atoms with E-state index < -0.39 is 85.2 Å². The molecule has 36 heteroatoms. The van der Waals surface area contributed by atoms with Crippen LogP contribution >= 0.6 is 37.9 Å². The number of ketones is 6. The van der Waals surface area contributed by atoms with Crippen molar-refractivity contribution < 1.29 is 184 Å². The first kappa shape index (κ1) is 128. The van der Waals surface area contributed by atoms with Gasteiger partial charge in [0, 0.05) is 137 Å². The van der Waals surface area contributed by atoms with Crippen LogP contribution < -0.4 is 31.9 Å². The molecule has 0 aromatic heterocycles. The molecule has 0 aromatic carbocycles. The van der Waals surface area contributed by atoms with Crippen molar-refractivity contribution in [2.45, 2.75) is 334 Å². The molecule has 0 aliphatic carbocycles. The number of amides is 12. The third-order valence-corrected chi connectivity index (χ3v) is 20.9. The third-order valence-electron chi connectivity index (χ3n) is 20.2. The van der Waals surface area contributed by atoms with E-state index in [1.54, 1.807) is 125 Å². The number of nitrogens with zero attached hydrogens (tertiary/aromatic N) is 6. The number of rotatable bonds is 24. The van der Waals surface area contributed by atoms with E-state index in [-0.39, 0.29) is 248 Å². The molecule has 15 atom stereocenters. The van der Waals surface area contributed by atoms with Crippen LogP contribution in [-0.2, 0) is 184 Å². The fraction of sp³-hybridized carbons (Fsp3) is 0.731. The zero-order valence-corrected chi connectivity index (χ0v) is 78.7. The van der Waals surface area contributed by atoms with Gasteiger partial charge in [0.1, 0.15) is 33.2 Å². The Balaban J connectivity index is -0.000000163. The molecule has 0 aromatic rings. The standard InChI is InChI=1S/3C12H20N2O3S.3C12H19N2O3.6CH4.3Y/c3*1-7(8(2)15)14-6-5-12(4,11(14)17)13-10(16)9(3)18;3*1-5-10(16)13-12(4)6-7-14(11(12)17)8(2)9(3)15;;;;;;;;;/h3*7,9,18H,5-6H2,1-4H3,(H,13,16);3*5,8H,6-7H2,1-4H3,(H,13,16);6*1H4;;;/q;;;3*-1;;;;;;;;;. The Labute approximate surface area is 774 Å². The number of carbonyl (C=O) groups excluding carboxylic acids is 18. The van der Waals surface area contributed by atoms with Crippen LogP contribution in [0, 0.1) is 19.3 Å². The zero-order chi connectivity index (χ0) is 81.9. The van der Waals surface area contributed by atoms with Gasteiger partial charge >= 0.3 is 0 Å². The summed E-state index contributed by atoms with van der Waals surface area (Å²) >= 11 is 12.1. The van der Waals surface area contributed by atoms with Gasteiger partial charge in [-0.3, -0.25) is 71.9 Å². The summed E-state index contributed by atoms with van der Waals surface area (Å²) in [6.07, 6.45) is 7.27. The van der Waals surface area contributed by atoms with E-state index in [0.717, 1.165) is 0 Å². The van der Waals surface area contributed by atoms with E-state index in [2.05, 4.69) is 69.8 Å². The Morgan fingerprint density at radius 3 is 0.491 bits per heavy atom. The van der Waals surface area contributed by atoms with Gasteiger partial charge in [0.05, 0.1) is 69.7 Å². The van der Waals surface area contributed by atoms with Gasteiger partial charge in [0.15, 0.2) is 34.7 Å².